The average molecular weight is 248 g/mol. The van der Waals surface area contributed by atoms with Crippen LogP contribution in [0.5, 0.6) is 0 Å². The predicted octanol–water partition coefficient (Wildman–Crippen LogP) is 2.84. The number of aliphatic hydroxyl groups excluding tert-OH is 1. The number of piperidine rings is 1. The zero-order valence-corrected chi connectivity index (χ0v) is 11.7. The molecule has 1 N–H and O–H groups in total. The molecule has 0 aliphatic carbocycles. The van der Waals surface area contributed by atoms with Gasteiger partial charge in [-0.1, -0.05) is 20.8 Å². The summed E-state index contributed by atoms with van der Waals surface area (Å²) in [7, 11) is 0. The van der Waals surface area contributed by atoms with Crippen LogP contribution >= 0.6 is 0 Å². The van der Waals surface area contributed by atoms with Gasteiger partial charge in [-0.05, 0) is 41.9 Å². The molecular weight excluding hydrogens is 224 g/mol. The Bertz CT molecular complexity index is 390. The molecule has 0 atom stereocenters. The molecule has 0 saturated carbocycles. The largest absolute Gasteiger partial charge is 0.392 e. The van der Waals surface area contributed by atoms with E-state index >= 15 is 0 Å². The second kappa shape index (κ2) is 5.27. The minimum atomic E-state index is 0.0912. The van der Waals surface area contributed by atoms with Gasteiger partial charge in [0, 0.05) is 19.3 Å². The molecule has 0 spiro atoms. The zero-order valence-electron chi connectivity index (χ0n) is 11.7. The highest BCUT2D eigenvalue weighted by Gasteiger charge is 2.29. The highest BCUT2D eigenvalue weighted by Crippen LogP contribution is 2.35. The van der Waals surface area contributed by atoms with Crippen molar-refractivity contribution in [2.45, 2.75) is 40.2 Å². The van der Waals surface area contributed by atoms with E-state index in [1.807, 2.05) is 12.1 Å². The first-order chi connectivity index (χ1) is 8.50. The van der Waals surface area contributed by atoms with E-state index in [0.29, 0.717) is 5.41 Å². The Labute approximate surface area is 110 Å². The summed E-state index contributed by atoms with van der Waals surface area (Å²) in [5.74, 6) is 1.81. The van der Waals surface area contributed by atoms with Crippen molar-refractivity contribution >= 4 is 5.82 Å². The van der Waals surface area contributed by atoms with E-state index in [1.54, 1.807) is 6.20 Å². The molecule has 0 bridgehead atoms. The number of aliphatic hydroxyl groups is 1. The lowest BCUT2D eigenvalue weighted by Crippen LogP contribution is -2.38. The van der Waals surface area contributed by atoms with Gasteiger partial charge in [0.1, 0.15) is 5.82 Å². The maximum atomic E-state index is 9.16. The van der Waals surface area contributed by atoms with Crippen molar-refractivity contribution in [3.8, 4) is 0 Å². The lowest BCUT2D eigenvalue weighted by molar-refractivity contribution is 0.198. The van der Waals surface area contributed by atoms with E-state index < -0.39 is 0 Å². The molecule has 3 heteroatoms. The van der Waals surface area contributed by atoms with Crippen LogP contribution < -0.4 is 4.90 Å². The van der Waals surface area contributed by atoms with E-state index in [-0.39, 0.29) is 6.61 Å². The van der Waals surface area contributed by atoms with Crippen molar-refractivity contribution in [2.75, 3.05) is 18.0 Å². The fourth-order valence-electron chi connectivity index (χ4n) is 2.71. The average Bonchev–Trinajstić information content (AvgIpc) is 2.38. The van der Waals surface area contributed by atoms with E-state index in [2.05, 4.69) is 30.7 Å². The standard InChI is InChI=1S/C15H24N2O/c1-15(2,3)13-5-8-17(9-6-13)14-10-12(11-18)4-7-16-14/h4,7,10,13,18H,5-6,8-9,11H2,1-3H3. The quantitative estimate of drug-likeness (QED) is 0.874. The maximum Gasteiger partial charge on any atom is 0.128 e. The Morgan fingerprint density at radius 1 is 1.33 bits per heavy atom. The van der Waals surface area contributed by atoms with Gasteiger partial charge in [0.2, 0.25) is 0 Å². The minimum absolute atomic E-state index is 0.0912. The fraction of sp³-hybridized carbons (Fsp3) is 0.667. The number of rotatable bonds is 2. The first-order valence-corrected chi connectivity index (χ1v) is 6.81. The summed E-state index contributed by atoms with van der Waals surface area (Å²) >= 11 is 0. The number of pyridine rings is 1. The molecule has 1 saturated heterocycles. The molecule has 0 radical (unpaired) electrons. The molecule has 2 rings (SSSR count). The van der Waals surface area contributed by atoms with Crippen LogP contribution in [0.1, 0.15) is 39.2 Å². The van der Waals surface area contributed by atoms with Gasteiger partial charge in [-0.2, -0.15) is 0 Å². The Morgan fingerprint density at radius 3 is 2.56 bits per heavy atom. The van der Waals surface area contributed by atoms with Crippen molar-refractivity contribution in [2.24, 2.45) is 11.3 Å². The molecule has 0 unspecified atom stereocenters. The summed E-state index contributed by atoms with van der Waals surface area (Å²) in [6.45, 7) is 9.23. The smallest absolute Gasteiger partial charge is 0.128 e. The van der Waals surface area contributed by atoms with Crippen LogP contribution in [0.4, 0.5) is 5.82 Å². The lowest BCUT2D eigenvalue weighted by atomic mass is 9.75. The molecular formula is C15H24N2O. The molecule has 3 nitrogen and oxygen atoms in total. The zero-order chi connectivity index (χ0) is 13.2. The van der Waals surface area contributed by atoms with E-state index in [4.69, 9.17) is 5.11 Å². The highest BCUT2D eigenvalue weighted by molar-refractivity contribution is 5.41. The van der Waals surface area contributed by atoms with Crippen molar-refractivity contribution in [3.63, 3.8) is 0 Å². The Balaban J connectivity index is 2.01. The van der Waals surface area contributed by atoms with Gasteiger partial charge in [-0.15, -0.1) is 0 Å². The first-order valence-electron chi connectivity index (χ1n) is 6.81. The normalized spacial score (nSPS) is 18.1. The van der Waals surface area contributed by atoms with E-state index in [1.165, 1.54) is 12.8 Å². The van der Waals surface area contributed by atoms with Gasteiger partial charge in [0.15, 0.2) is 0 Å². The summed E-state index contributed by atoms with van der Waals surface area (Å²) < 4.78 is 0. The fourth-order valence-corrected chi connectivity index (χ4v) is 2.71. The summed E-state index contributed by atoms with van der Waals surface area (Å²) in [5, 5.41) is 9.16. The molecule has 100 valence electrons. The minimum Gasteiger partial charge on any atom is -0.392 e. The second-order valence-electron chi connectivity index (χ2n) is 6.31. The predicted molar refractivity (Wildman–Crippen MR) is 74.6 cm³/mol. The Hall–Kier alpha value is -1.09. The van der Waals surface area contributed by atoms with Gasteiger partial charge in [0.25, 0.3) is 0 Å². The topological polar surface area (TPSA) is 36.4 Å². The Kier molecular flexibility index (Phi) is 3.91. The SMILES string of the molecule is CC(C)(C)C1CCN(c2cc(CO)ccn2)CC1. The number of hydrogen-bond acceptors (Lipinski definition) is 3. The van der Waals surface area contributed by atoms with Gasteiger partial charge < -0.3 is 10.0 Å². The molecule has 1 fully saturated rings. The van der Waals surface area contributed by atoms with Gasteiger partial charge in [-0.3, -0.25) is 0 Å². The van der Waals surface area contributed by atoms with Crippen LogP contribution in [0, 0.1) is 11.3 Å². The van der Waals surface area contributed by atoms with Crippen molar-refractivity contribution in [3.05, 3.63) is 23.9 Å². The van der Waals surface area contributed by atoms with Crippen LogP contribution in [0.2, 0.25) is 0 Å². The summed E-state index contributed by atoms with van der Waals surface area (Å²) in [5.41, 5.74) is 1.35. The molecule has 1 aliphatic heterocycles. The van der Waals surface area contributed by atoms with Crippen LogP contribution in [0.3, 0.4) is 0 Å². The van der Waals surface area contributed by atoms with Gasteiger partial charge in [-0.25, -0.2) is 4.98 Å². The molecule has 1 aliphatic rings. The molecule has 0 aromatic carbocycles. The van der Waals surface area contributed by atoms with Crippen LogP contribution in [0.25, 0.3) is 0 Å². The Morgan fingerprint density at radius 2 is 2.00 bits per heavy atom. The van der Waals surface area contributed by atoms with E-state index in [0.717, 1.165) is 30.4 Å². The molecule has 18 heavy (non-hydrogen) atoms. The number of aromatic nitrogens is 1. The second-order valence-corrected chi connectivity index (χ2v) is 6.31. The third-order valence-corrected chi connectivity index (χ3v) is 4.04. The summed E-state index contributed by atoms with van der Waals surface area (Å²) in [6.07, 6.45) is 4.25. The molecule has 1 aromatic heterocycles. The molecule has 2 heterocycles. The maximum absolute atomic E-state index is 9.16. The van der Waals surface area contributed by atoms with Gasteiger partial charge >= 0.3 is 0 Å². The van der Waals surface area contributed by atoms with Gasteiger partial charge in [0.05, 0.1) is 6.61 Å². The van der Waals surface area contributed by atoms with Crippen LogP contribution in [-0.2, 0) is 6.61 Å². The third kappa shape index (κ3) is 3.02. The summed E-state index contributed by atoms with van der Waals surface area (Å²) in [4.78, 5) is 6.75. The third-order valence-electron chi connectivity index (χ3n) is 4.04. The number of anilines is 1. The monoisotopic (exact) mass is 248 g/mol. The molecule has 1 aromatic rings. The van der Waals surface area contributed by atoms with Crippen molar-refractivity contribution in [1.29, 1.82) is 0 Å². The van der Waals surface area contributed by atoms with E-state index in [9.17, 15) is 0 Å². The first kappa shape index (κ1) is 13.3. The highest BCUT2D eigenvalue weighted by atomic mass is 16.3. The van der Waals surface area contributed by atoms with Crippen molar-refractivity contribution < 1.29 is 5.11 Å². The van der Waals surface area contributed by atoms with Crippen molar-refractivity contribution in [1.82, 2.24) is 4.98 Å². The van der Waals surface area contributed by atoms with Crippen LogP contribution in [0.15, 0.2) is 18.3 Å². The number of hydrogen-bond donors (Lipinski definition) is 1. The summed E-state index contributed by atoms with van der Waals surface area (Å²) in [6, 6.07) is 3.86. The van der Waals surface area contributed by atoms with Crippen LogP contribution in [-0.4, -0.2) is 23.2 Å². The lowest BCUT2D eigenvalue weighted by Gasteiger charge is -2.39. The molecule has 0 amide bonds. The number of nitrogens with zero attached hydrogens (tertiary/aromatic N) is 2.